The third kappa shape index (κ3) is 1.92. The SMILES string of the molecule is OC1CCCC1NC1CCCc2sccc21. The molecular formula is C13H19NOS. The Morgan fingerprint density at radius 1 is 1.25 bits per heavy atom. The molecule has 0 aromatic carbocycles. The smallest absolute Gasteiger partial charge is 0.0693 e. The van der Waals surface area contributed by atoms with Crippen molar-refractivity contribution in [3.05, 3.63) is 21.9 Å². The second-order valence-corrected chi connectivity index (χ2v) is 6.02. The van der Waals surface area contributed by atoms with E-state index in [0.29, 0.717) is 12.1 Å². The number of nitrogens with one attached hydrogen (secondary N) is 1. The molecule has 3 heteroatoms. The minimum atomic E-state index is -0.121. The third-order valence-electron chi connectivity index (χ3n) is 3.95. The number of rotatable bonds is 2. The zero-order chi connectivity index (χ0) is 11.0. The van der Waals surface area contributed by atoms with Crippen LogP contribution < -0.4 is 5.32 Å². The number of hydrogen-bond donors (Lipinski definition) is 2. The predicted molar refractivity (Wildman–Crippen MR) is 66.8 cm³/mol. The average Bonchev–Trinajstić information content (AvgIpc) is 2.89. The summed E-state index contributed by atoms with van der Waals surface area (Å²) in [4.78, 5) is 1.55. The second kappa shape index (κ2) is 4.47. The molecule has 0 spiro atoms. The lowest BCUT2D eigenvalue weighted by atomic mass is 9.93. The van der Waals surface area contributed by atoms with Crippen molar-refractivity contribution in [3.63, 3.8) is 0 Å². The van der Waals surface area contributed by atoms with Crippen molar-refractivity contribution in [2.75, 3.05) is 0 Å². The van der Waals surface area contributed by atoms with Gasteiger partial charge in [-0.1, -0.05) is 0 Å². The molecule has 16 heavy (non-hydrogen) atoms. The van der Waals surface area contributed by atoms with E-state index in [1.54, 1.807) is 4.88 Å². The lowest BCUT2D eigenvalue weighted by Gasteiger charge is -2.28. The molecule has 0 aliphatic heterocycles. The molecule has 1 heterocycles. The summed E-state index contributed by atoms with van der Waals surface area (Å²) in [5, 5.41) is 15.7. The van der Waals surface area contributed by atoms with Gasteiger partial charge < -0.3 is 10.4 Å². The van der Waals surface area contributed by atoms with Crippen molar-refractivity contribution < 1.29 is 5.11 Å². The lowest BCUT2D eigenvalue weighted by Crippen LogP contribution is -2.39. The summed E-state index contributed by atoms with van der Waals surface area (Å²) in [6.07, 6.45) is 6.92. The Morgan fingerprint density at radius 2 is 2.19 bits per heavy atom. The number of fused-ring (bicyclic) bond motifs is 1. The van der Waals surface area contributed by atoms with Gasteiger partial charge in [0.25, 0.3) is 0 Å². The molecule has 2 aliphatic rings. The van der Waals surface area contributed by atoms with Crippen molar-refractivity contribution in [1.29, 1.82) is 0 Å². The van der Waals surface area contributed by atoms with Crippen molar-refractivity contribution in [2.45, 2.75) is 56.7 Å². The van der Waals surface area contributed by atoms with Gasteiger partial charge >= 0.3 is 0 Å². The first-order chi connectivity index (χ1) is 7.84. The first kappa shape index (κ1) is 10.8. The van der Waals surface area contributed by atoms with E-state index >= 15 is 0 Å². The maximum absolute atomic E-state index is 9.86. The van der Waals surface area contributed by atoms with E-state index in [2.05, 4.69) is 16.8 Å². The second-order valence-electron chi connectivity index (χ2n) is 5.02. The third-order valence-corrected chi connectivity index (χ3v) is 4.94. The van der Waals surface area contributed by atoms with Crippen LogP contribution in [0.3, 0.4) is 0 Å². The Kier molecular flexibility index (Phi) is 3.01. The molecule has 1 aromatic rings. The van der Waals surface area contributed by atoms with Crippen LogP contribution in [0, 0.1) is 0 Å². The molecule has 2 N–H and O–H groups in total. The van der Waals surface area contributed by atoms with Crippen LogP contribution in [-0.2, 0) is 6.42 Å². The molecule has 2 nitrogen and oxygen atoms in total. The van der Waals surface area contributed by atoms with Crippen LogP contribution in [-0.4, -0.2) is 17.3 Å². The Bertz CT molecular complexity index is 363. The molecular weight excluding hydrogens is 218 g/mol. The number of thiophene rings is 1. The van der Waals surface area contributed by atoms with Crippen LogP contribution in [0.15, 0.2) is 11.4 Å². The lowest BCUT2D eigenvalue weighted by molar-refractivity contribution is 0.141. The Labute approximate surface area is 101 Å². The summed E-state index contributed by atoms with van der Waals surface area (Å²) < 4.78 is 0. The van der Waals surface area contributed by atoms with E-state index < -0.39 is 0 Å². The van der Waals surface area contributed by atoms with Gasteiger partial charge in [0.15, 0.2) is 0 Å². The summed E-state index contributed by atoms with van der Waals surface area (Å²) >= 11 is 1.89. The topological polar surface area (TPSA) is 32.3 Å². The van der Waals surface area contributed by atoms with Gasteiger partial charge in [0.05, 0.1) is 6.10 Å². The molecule has 1 aromatic heterocycles. The molecule has 0 amide bonds. The monoisotopic (exact) mass is 237 g/mol. The predicted octanol–water partition coefficient (Wildman–Crippen LogP) is 2.63. The maximum Gasteiger partial charge on any atom is 0.0693 e. The summed E-state index contributed by atoms with van der Waals surface area (Å²) in [5.74, 6) is 0. The van der Waals surface area contributed by atoms with Crippen LogP contribution in [0.2, 0.25) is 0 Å². The Hall–Kier alpha value is -0.380. The fourth-order valence-corrected chi connectivity index (χ4v) is 4.04. The summed E-state index contributed by atoms with van der Waals surface area (Å²) in [6, 6.07) is 3.08. The van der Waals surface area contributed by atoms with Gasteiger partial charge in [-0.2, -0.15) is 0 Å². The van der Waals surface area contributed by atoms with E-state index in [0.717, 1.165) is 12.8 Å². The van der Waals surface area contributed by atoms with Gasteiger partial charge in [0.1, 0.15) is 0 Å². The van der Waals surface area contributed by atoms with Crippen LogP contribution >= 0.6 is 11.3 Å². The standard InChI is InChI=1S/C13H19NOS/c15-12-5-1-4-11(12)14-10-3-2-6-13-9(10)7-8-16-13/h7-8,10-12,14-15H,1-6H2. The summed E-state index contributed by atoms with van der Waals surface area (Å²) in [7, 11) is 0. The highest BCUT2D eigenvalue weighted by atomic mass is 32.1. The Balaban J connectivity index is 1.72. The molecule has 1 saturated carbocycles. The number of hydrogen-bond acceptors (Lipinski definition) is 3. The summed E-state index contributed by atoms with van der Waals surface area (Å²) in [6.45, 7) is 0. The number of aryl methyl sites for hydroxylation is 1. The van der Waals surface area contributed by atoms with Gasteiger partial charge in [0.2, 0.25) is 0 Å². The van der Waals surface area contributed by atoms with E-state index in [9.17, 15) is 5.11 Å². The largest absolute Gasteiger partial charge is 0.392 e. The quantitative estimate of drug-likeness (QED) is 0.829. The first-order valence-corrected chi connectivity index (χ1v) is 7.23. The minimum absolute atomic E-state index is 0.121. The molecule has 0 saturated heterocycles. The van der Waals surface area contributed by atoms with Gasteiger partial charge in [-0.25, -0.2) is 0 Å². The van der Waals surface area contributed by atoms with Crippen LogP contribution in [0.1, 0.15) is 48.6 Å². The fourth-order valence-electron chi connectivity index (χ4n) is 3.05. The van der Waals surface area contributed by atoms with Crippen molar-refractivity contribution >= 4 is 11.3 Å². The van der Waals surface area contributed by atoms with Crippen molar-refractivity contribution in [3.8, 4) is 0 Å². The van der Waals surface area contributed by atoms with Crippen LogP contribution in [0.25, 0.3) is 0 Å². The fraction of sp³-hybridized carbons (Fsp3) is 0.692. The molecule has 0 radical (unpaired) electrons. The molecule has 3 atom stereocenters. The molecule has 2 aliphatic carbocycles. The molecule has 1 fully saturated rings. The van der Waals surface area contributed by atoms with Gasteiger partial charge in [-0.3, -0.25) is 0 Å². The zero-order valence-electron chi connectivity index (χ0n) is 9.48. The van der Waals surface area contributed by atoms with Crippen LogP contribution in [0.4, 0.5) is 0 Å². The molecule has 3 unspecified atom stereocenters. The first-order valence-electron chi connectivity index (χ1n) is 6.35. The molecule has 3 rings (SSSR count). The van der Waals surface area contributed by atoms with Crippen molar-refractivity contribution in [1.82, 2.24) is 5.32 Å². The van der Waals surface area contributed by atoms with Gasteiger partial charge in [-0.05, 0) is 55.5 Å². The Morgan fingerprint density at radius 3 is 3.00 bits per heavy atom. The summed E-state index contributed by atoms with van der Waals surface area (Å²) in [5.41, 5.74) is 1.50. The van der Waals surface area contributed by atoms with E-state index in [4.69, 9.17) is 0 Å². The van der Waals surface area contributed by atoms with Gasteiger partial charge in [-0.15, -0.1) is 11.3 Å². The molecule has 0 bridgehead atoms. The average molecular weight is 237 g/mol. The van der Waals surface area contributed by atoms with Crippen LogP contribution in [0.5, 0.6) is 0 Å². The number of aliphatic hydroxyl groups excluding tert-OH is 1. The molecule has 88 valence electrons. The normalized spacial score (nSPS) is 33.9. The highest BCUT2D eigenvalue weighted by molar-refractivity contribution is 7.10. The zero-order valence-corrected chi connectivity index (χ0v) is 10.3. The highest BCUT2D eigenvalue weighted by Gasteiger charge is 2.29. The highest BCUT2D eigenvalue weighted by Crippen LogP contribution is 2.34. The van der Waals surface area contributed by atoms with Crippen molar-refractivity contribution in [2.24, 2.45) is 0 Å². The van der Waals surface area contributed by atoms with E-state index in [1.165, 1.54) is 31.2 Å². The van der Waals surface area contributed by atoms with E-state index in [1.807, 2.05) is 11.3 Å². The maximum atomic E-state index is 9.86. The number of aliphatic hydroxyl groups is 1. The minimum Gasteiger partial charge on any atom is -0.392 e. The van der Waals surface area contributed by atoms with E-state index in [-0.39, 0.29) is 6.10 Å². The van der Waals surface area contributed by atoms with Gasteiger partial charge in [0, 0.05) is 17.0 Å².